The molecular formula is C10H9ClF3NO2. The first-order chi connectivity index (χ1) is 7.87. The van der Waals surface area contributed by atoms with Gasteiger partial charge < -0.3 is 10.1 Å². The van der Waals surface area contributed by atoms with Gasteiger partial charge in [0.05, 0.1) is 0 Å². The summed E-state index contributed by atoms with van der Waals surface area (Å²) in [7, 11) is 0. The van der Waals surface area contributed by atoms with Crippen molar-refractivity contribution in [2.45, 2.75) is 6.18 Å². The molecule has 0 bridgehead atoms. The lowest BCUT2D eigenvalue weighted by molar-refractivity contribution is -0.139. The van der Waals surface area contributed by atoms with Crippen molar-refractivity contribution in [3.63, 3.8) is 0 Å². The summed E-state index contributed by atoms with van der Waals surface area (Å²) < 4.78 is 40.2. The van der Waals surface area contributed by atoms with Crippen LogP contribution in [-0.4, -0.2) is 25.2 Å². The van der Waals surface area contributed by atoms with Crippen molar-refractivity contribution in [1.82, 2.24) is 5.32 Å². The molecule has 0 radical (unpaired) electrons. The van der Waals surface area contributed by atoms with E-state index in [1.165, 1.54) is 12.1 Å². The summed E-state index contributed by atoms with van der Waals surface area (Å²) in [5.74, 6) is -0.478. The van der Waals surface area contributed by atoms with Crippen LogP contribution in [-0.2, 0) is 4.79 Å². The average molecular weight is 268 g/mol. The van der Waals surface area contributed by atoms with E-state index in [4.69, 9.17) is 16.3 Å². The van der Waals surface area contributed by atoms with Gasteiger partial charge in [-0.3, -0.25) is 4.79 Å². The second kappa shape index (κ2) is 5.77. The molecule has 0 saturated heterocycles. The Labute approximate surface area is 101 Å². The minimum atomic E-state index is -4.42. The molecule has 1 N–H and O–H groups in total. The van der Waals surface area contributed by atoms with E-state index >= 15 is 0 Å². The van der Waals surface area contributed by atoms with Crippen molar-refractivity contribution in [3.05, 3.63) is 29.3 Å². The van der Waals surface area contributed by atoms with Crippen molar-refractivity contribution in [1.29, 1.82) is 0 Å². The second-order valence-corrected chi connectivity index (χ2v) is 3.57. The van der Waals surface area contributed by atoms with Crippen LogP contribution in [0.5, 0.6) is 5.75 Å². The first-order valence-corrected chi connectivity index (χ1v) is 4.96. The number of halogens is 4. The van der Waals surface area contributed by atoms with Crippen LogP contribution in [0.4, 0.5) is 13.2 Å². The highest BCUT2D eigenvalue weighted by molar-refractivity contribution is 6.30. The lowest BCUT2D eigenvalue weighted by Gasteiger charge is -2.09. The normalized spacial score (nSPS) is 11.1. The largest absolute Gasteiger partial charge is 0.484 e. The van der Waals surface area contributed by atoms with Gasteiger partial charge in [0, 0.05) is 5.02 Å². The quantitative estimate of drug-likeness (QED) is 0.910. The van der Waals surface area contributed by atoms with Crippen molar-refractivity contribution in [2.75, 3.05) is 13.2 Å². The van der Waals surface area contributed by atoms with Gasteiger partial charge in [-0.25, -0.2) is 0 Å². The molecule has 0 spiro atoms. The molecule has 17 heavy (non-hydrogen) atoms. The Bertz CT molecular complexity index is 378. The fourth-order valence-corrected chi connectivity index (χ4v) is 1.06. The Morgan fingerprint density at radius 2 is 1.88 bits per heavy atom. The standard InChI is InChI=1S/C10H9ClF3NO2/c11-7-1-3-8(4-2-7)17-5-9(16)15-6-10(12,13)14/h1-4H,5-6H2,(H,15,16). The number of hydrogen-bond acceptors (Lipinski definition) is 2. The Balaban J connectivity index is 2.31. The molecule has 0 atom stereocenters. The zero-order valence-corrected chi connectivity index (χ0v) is 9.31. The summed E-state index contributed by atoms with van der Waals surface area (Å²) >= 11 is 5.61. The SMILES string of the molecule is O=C(COc1ccc(Cl)cc1)NCC(F)(F)F. The average Bonchev–Trinajstić information content (AvgIpc) is 2.25. The number of ether oxygens (including phenoxy) is 1. The molecule has 1 rings (SSSR count). The van der Waals surface area contributed by atoms with Crippen LogP contribution in [0, 0.1) is 0 Å². The molecular weight excluding hydrogens is 259 g/mol. The number of carbonyl (C=O) groups is 1. The predicted molar refractivity (Wildman–Crippen MR) is 56.0 cm³/mol. The molecule has 0 aliphatic rings. The maximum Gasteiger partial charge on any atom is 0.405 e. The van der Waals surface area contributed by atoms with Crippen LogP contribution >= 0.6 is 11.6 Å². The molecule has 1 aromatic rings. The molecule has 0 heterocycles. The van der Waals surface area contributed by atoms with Crippen LogP contribution in [0.1, 0.15) is 0 Å². The summed E-state index contributed by atoms with van der Waals surface area (Å²) in [4.78, 5) is 11.0. The fourth-order valence-electron chi connectivity index (χ4n) is 0.930. The highest BCUT2D eigenvalue weighted by Crippen LogP contribution is 2.15. The lowest BCUT2D eigenvalue weighted by atomic mass is 10.3. The van der Waals surface area contributed by atoms with E-state index in [0.717, 1.165) is 0 Å². The number of carbonyl (C=O) groups excluding carboxylic acids is 1. The number of alkyl halides is 3. The first-order valence-electron chi connectivity index (χ1n) is 4.58. The van der Waals surface area contributed by atoms with Crippen molar-refractivity contribution >= 4 is 17.5 Å². The Morgan fingerprint density at radius 3 is 2.41 bits per heavy atom. The Hall–Kier alpha value is -1.43. The smallest absolute Gasteiger partial charge is 0.405 e. The Kier molecular flexibility index (Phi) is 4.62. The first kappa shape index (κ1) is 13.6. The topological polar surface area (TPSA) is 38.3 Å². The number of rotatable bonds is 4. The molecule has 1 aromatic carbocycles. The van der Waals surface area contributed by atoms with E-state index in [1.807, 2.05) is 0 Å². The number of benzene rings is 1. The second-order valence-electron chi connectivity index (χ2n) is 3.13. The summed E-state index contributed by atoms with van der Waals surface area (Å²) in [5.41, 5.74) is 0. The number of amides is 1. The molecule has 0 fully saturated rings. The minimum Gasteiger partial charge on any atom is -0.484 e. The summed E-state index contributed by atoms with van der Waals surface area (Å²) in [6.07, 6.45) is -4.42. The van der Waals surface area contributed by atoms with E-state index in [0.29, 0.717) is 10.8 Å². The minimum absolute atomic E-state index is 0.358. The van der Waals surface area contributed by atoms with Crippen LogP contribution in [0.3, 0.4) is 0 Å². The molecule has 0 saturated carbocycles. The van der Waals surface area contributed by atoms with Gasteiger partial charge in [-0.2, -0.15) is 13.2 Å². The molecule has 7 heteroatoms. The van der Waals surface area contributed by atoms with E-state index in [1.54, 1.807) is 17.4 Å². The molecule has 0 aliphatic carbocycles. The fraction of sp³-hybridized carbons (Fsp3) is 0.300. The maximum absolute atomic E-state index is 11.8. The third kappa shape index (κ3) is 6.01. The summed E-state index contributed by atoms with van der Waals surface area (Å²) in [5, 5.41) is 2.19. The molecule has 1 amide bonds. The number of nitrogens with one attached hydrogen (secondary N) is 1. The Morgan fingerprint density at radius 1 is 1.29 bits per heavy atom. The van der Waals surface area contributed by atoms with Gasteiger partial charge in [0.2, 0.25) is 0 Å². The molecule has 3 nitrogen and oxygen atoms in total. The van der Waals surface area contributed by atoms with E-state index in [2.05, 4.69) is 0 Å². The molecule has 0 unspecified atom stereocenters. The zero-order chi connectivity index (χ0) is 12.9. The maximum atomic E-state index is 11.8. The molecule has 0 aromatic heterocycles. The number of hydrogen-bond donors (Lipinski definition) is 1. The van der Waals surface area contributed by atoms with Crippen molar-refractivity contribution < 1.29 is 22.7 Å². The van der Waals surface area contributed by atoms with Gasteiger partial charge in [0.1, 0.15) is 12.3 Å². The van der Waals surface area contributed by atoms with Crippen LogP contribution in [0.2, 0.25) is 5.02 Å². The molecule has 94 valence electrons. The van der Waals surface area contributed by atoms with Crippen LogP contribution in [0.25, 0.3) is 0 Å². The van der Waals surface area contributed by atoms with Crippen molar-refractivity contribution in [2.24, 2.45) is 0 Å². The third-order valence-electron chi connectivity index (χ3n) is 1.67. The van der Waals surface area contributed by atoms with E-state index in [-0.39, 0.29) is 0 Å². The van der Waals surface area contributed by atoms with Crippen LogP contribution in [0.15, 0.2) is 24.3 Å². The van der Waals surface area contributed by atoms with Gasteiger partial charge in [-0.15, -0.1) is 0 Å². The monoisotopic (exact) mass is 267 g/mol. The van der Waals surface area contributed by atoms with E-state index < -0.39 is 25.2 Å². The van der Waals surface area contributed by atoms with E-state index in [9.17, 15) is 18.0 Å². The van der Waals surface area contributed by atoms with Gasteiger partial charge >= 0.3 is 6.18 Å². The van der Waals surface area contributed by atoms with Gasteiger partial charge in [-0.1, -0.05) is 11.6 Å². The third-order valence-corrected chi connectivity index (χ3v) is 1.92. The van der Waals surface area contributed by atoms with Gasteiger partial charge in [-0.05, 0) is 24.3 Å². The summed E-state index contributed by atoms with van der Waals surface area (Å²) in [6.45, 7) is -1.84. The predicted octanol–water partition coefficient (Wildman–Crippen LogP) is 2.40. The van der Waals surface area contributed by atoms with Gasteiger partial charge in [0.25, 0.3) is 5.91 Å². The highest BCUT2D eigenvalue weighted by atomic mass is 35.5. The van der Waals surface area contributed by atoms with Gasteiger partial charge in [0.15, 0.2) is 6.61 Å². The lowest BCUT2D eigenvalue weighted by Crippen LogP contribution is -2.36. The summed E-state index contributed by atoms with van der Waals surface area (Å²) in [6, 6.07) is 6.12. The van der Waals surface area contributed by atoms with Crippen LogP contribution < -0.4 is 10.1 Å². The zero-order valence-electron chi connectivity index (χ0n) is 8.55. The van der Waals surface area contributed by atoms with Crippen molar-refractivity contribution in [3.8, 4) is 5.75 Å². The molecule has 0 aliphatic heterocycles. The highest BCUT2D eigenvalue weighted by Gasteiger charge is 2.27.